The quantitative estimate of drug-likeness (QED) is 0.444. The fourth-order valence-corrected chi connectivity index (χ4v) is 5.58. The summed E-state index contributed by atoms with van der Waals surface area (Å²) in [4.78, 5) is 30.5. The van der Waals surface area contributed by atoms with Crippen molar-refractivity contribution < 1.29 is 49.4 Å². The number of benzene rings is 1. The molecule has 2 aliphatic heterocycles. The monoisotopic (exact) mass is 420 g/mol. The van der Waals surface area contributed by atoms with E-state index in [-0.39, 0.29) is 53.1 Å². The molecule has 1 aromatic heterocycles. The number of hydrogen-bond acceptors (Lipinski definition) is 6. The van der Waals surface area contributed by atoms with Crippen molar-refractivity contribution in [3.8, 4) is 0 Å². The largest absolute Gasteiger partial charge is 1.00 e. The molecular weight excluding hydrogens is 399 g/mol. The average molecular weight is 420 g/mol. The predicted molar refractivity (Wildman–Crippen MR) is 105 cm³/mol. The molecule has 0 spiro atoms. The van der Waals surface area contributed by atoms with E-state index in [0.29, 0.717) is 17.1 Å². The second-order valence-corrected chi connectivity index (χ2v) is 8.47. The van der Waals surface area contributed by atoms with Gasteiger partial charge in [-0.15, -0.1) is 11.8 Å². The predicted octanol–water partition coefficient (Wildman–Crippen LogP) is -1.67. The van der Waals surface area contributed by atoms with Gasteiger partial charge in [0.2, 0.25) is 5.91 Å². The van der Waals surface area contributed by atoms with Gasteiger partial charge in [0.15, 0.2) is 0 Å². The SMILES string of the molecule is CC(O)C1C(=O)N2C(C(=O)[O-])=C(SCCc3nccc4ccccc34)[C@H](C)C12.[Na+]. The van der Waals surface area contributed by atoms with Gasteiger partial charge in [0, 0.05) is 33.9 Å². The van der Waals surface area contributed by atoms with Crippen LogP contribution in [0.25, 0.3) is 10.8 Å². The van der Waals surface area contributed by atoms with Gasteiger partial charge in [0.1, 0.15) is 0 Å². The summed E-state index contributed by atoms with van der Waals surface area (Å²) in [6.45, 7) is 3.48. The third-order valence-electron chi connectivity index (χ3n) is 5.65. The maximum Gasteiger partial charge on any atom is 1.00 e. The van der Waals surface area contributed by atoms with Crippen molar-refractivity contribution in [1.82, 2.24) is 9.88 Å². The zero-order valence-electron chi connectivity index (χ0n) is 16.7. The fourth-order valence-electron chi connectivity index (χ4n) is 4.34. The first-order valence-corrected chi connectivity index (χ1v) is 10.3. The molecule has 4 atom stereocenters. The molecule has 1 fully saturated rings. The van der Waals surface area contributed by atoms with E-state index in [2.05, 4.69) is 4.98 Å². The maximum atomic E-state index is 12.4. The molecule has 2 aliphatic rings. The molecule has 0 aliphatic carbocycles. The van der Waals surface area contributed by atoms with Crippen LogP contribution in [0.1, 0.15) is 19.5 Å². The molecule has 1 N–H and O–H groups in total. The van der Waals surface area contributed by atoms with Crippen molar-refractivity contribution in [3.05, 3.63) is 52.8 Å². The number of aromatic nitrogens is 1. The first-order chi connectivity index (χ1) is 13.4. The first-order valence-electron chi connectivity index (χ1n) is 9.34. The number of β-lactam (4-membered cyclic amide) rings is 1. The maximum absolute atomic E-state index is 12.4. The minimum Gasteiger partial charge on any atom is -0.543 e. The number of aliphatic carboxylic acids is 1. The molecule has 1 saturated heterocycles. The van der Waals surface area contributed by atoms with Crippen LogP contribution in [0.15, 0.2) is 47.1 Å². The number of amides is 1. The van der Waals surface area contributed by atoms with Crippen LogP contribution in [0, 0.1) is 11.8 Å². The van der Waals surface area contributed by atoms with E-state index in [0.717, 1.165) is 16.5 Å². The minimum atomic E-state index is -1.34. The van der Waals surface area contributed by atoms with Crippen LogP contribution in [-0.4, -0.2) is 44.8 Å². The van der Waals surface area contributed by atoms with Gasteiger partial charge in [-0.3, -0.25) is 9.78 Å². The number of carboxylic acids is 1. The average Bonchev–Trinajstić information content (AvgIpc) is 2.90. The second-order valence-electron chi connectivity index (χ2n) is 7.33. The molecule has 146 valence electrons. The molecule has 0 saturated carbocycles. The summed E-state index contributed by atoms with van der Waals surface area (Å²) < 4.78 is 0. The Hall–Kier alpha value is -1.38. The van der Waals surface area contributed by atoms with E-state index in [1.54, 1.807) is 13.1 Å². The fraction of sp³-hybridized carbons (Fsp3) is 0.381. The van der Waals surface area contributed by atoms with Gasteiger partial charge in [0.25, 0.3) is 0 Å². The minimum absolute atomic E-state index is 0. The van der Waals surface area contributed by atoms with Gasteiger partial charge in [-0.25, -0.2) is 0 Å². The summed E-state index contributed by atoms with van der Waals surface area (Å²) in [7, 11) is 0. The first kappa shape index (κ1) is 22.3. The van der Waals surface area contributed by atoms with Gasteiger partial charge in [-0.05, 0) is 24.8 Å². The summed E-state index contributed by atoms with van der Waals surface area (Å²) in [5.74, 6) is -1.72. The zero-order chi connectivity index (χ0) is 20.0. The number of carboxylic acid groups (broad SMARTS) is 1. The van der Waals surface area contributed by atoms with Crippen molar-refractivity contribution >= 4 is 34.4 Å². The number of thioether (sulfide) groups is 1. The summed E-state index contributed by atoms with van der Waals surface area (Å²) in [5.41, 5.74) is 0.934. The number of rotatable bonds is 6. The summed E-state index contributed by atoms with van der Waals surface area (Å²) in [5, 5.41) is 23.8. The third kappa shape index (κ3) is 3.75. The van der Waals surface area contributed by atoms with Gasteiger partial charge >= 0.3 is 29.6 Å². The number of fused-ring (bicyclic) bond motifs is 2. The van der Waals surface area contributed by atoms with E-state index >= 15 is 0 Å². The van der Waals surface area contributed by atoms with E-state index in [9.17, 15) is 19.8 Å². The molecule has 1 aromatic carbocycles. The van der Waals surface area contributed by atoms with Gasteiger partial charge in [-0.1, -0.05) is 31.2 Å². The van der Waals surface area contributed by atoms with Crippen molar-refractivity contribution in [2.24, 2.45) is 11.8 Å². The standard InChI is InChI=1S/C21H22N2O4S.Na/c1-11-17-16(12(2)24)20(25)23(17)18(21(26)27)19(11)28-10-8-15-14-6-4-3-5-13(14)7-9-22-15;/h3-7,9,11-12,16-17,24H,8,10H2,1-2H3,(H,26,27);/q;+1/p-1/t11-,12?,16?,17?;/m1./s1. The van der Waals surface area contributed by atoms with Gasteiger partial charge in [0.05, 0.1) is 29.7 Å². The molecule has 3 heterocycles. The number of pyridine rings is 1. The number of aryl methyl sites for hydroxylation is 1. The number of aliphatic hydroxyl groups excluding tert-OH is 1. The van der Waals surface area contributed by atoms with Crippen LogP contribution in [0.3, 0.4) is 0 Å². The number of carbonyl (C=O) groups is 2. The Kier molecular flexibility index (Phi) is 6.75. The summed E-state index contributed by atoms with van der Waals surface area (Å²) >= 11 is 1.44. The van der Waals surface area contributed by atoms with Crippen LogP contribution in [0.2, 0.25) is 0 Å². The molecule has 8 heteroatoms. The molecule has 0 radical (unpaired) electrons. The van der Waals surface area contributed by atoms with Crippen LogP contribution in [-0.2, 0) is 16.0 Å². The molecule has 29 heavy (non-hydrogen) atoms. The van der Waals surface area contributed by atoms with Crippen molar-refractivity contribution in [2.75, 3.05) is 5.75 Å². The summed E-state index contributed by atoms with van der Waals surface area (Å²) in [6, 6.07) is 9.69. The van der Waals surface area contributed by atoms with E-state index in [1.807, 2.05) is 37.3 Å². The van der Waals surface area contributed by atoms with Crippen LogP contribution in [0.5, 0.6) is 0 Å². The van der Waals surface area contributed by atoms with Crippen molar-refractivity contribution in [3.63, 3.8) is 0 Å². The third-order valence-corrected chi connectivity index (χ3v) is 6.94. The van der Waals surface area contributed by atoms with E-state index < -0.39 is 18.0 Å². The van der Waals surface area contributed by atoms with Gasteiger partial charge < -0.3 is 19.9 Å². The Balaban J connectivity index is 0.00000240. The number of hydrogen-bond donors (Lipinski definition) is 1. The Morgan fingerprint density at radius 3 is 2.76 bits per heavy atom. The van der Waals surface area contributed by atoms with Crippen LogP contribution >= 0.6 is 11.8 Å². The Labute approximate surface area is 195 Å². The molecule has 3 unspecified atom stereocenters. The Morgan fingerprint density at radius 1 is 1.34 bits per heavy atom. The van der Waals surface area contributed by atoms with Crippen LogP contribution in [0.4, 0.5) is 0 Å². The molecule has 6 nitrogen and oxygen atoms in total. The topological polar surface area (TPSA) is 93.6 Å². The molecule has 1 amide bonds. The summed E-state index contributed by atoms with van der Waals surface area (Å²) in [6.07, 6.45) is 1.66. The van der Waals surface area contributed by atoms with E-state index in [1.165, 1.54) is 16.7 Å². The Bertz CT molecular complexity index is 988. The molecule has 2 aromatic rings. The van der Waals surface area contributed by atoms with E-state index in [4.69, 9.17) is 0 Å². The molecule has 0 bridgehead atoms. The normalized spacial score (nSPS) is 24.2. The second kappa shape index (κ2) is 8.78. The number of nitrogens with zero attached hydrogens (tertiary/aromatic N) is 2. The molecule has 4 rings (SSSR count). The van der Waals surface area contributed by atoms with Crippen molar-refractivity contribution in [2.45, 2.75) is 32.4 Å². The zero-order valence-corrected chi connectivity index (χ0v) is 19.5. The van der Waals surface area contributed by atoms with Crippen LogP contribution < -0.4 is 34.7 Å². The smallest absolute Gasteiger partial charge is 0.543 e. The number of aliphatic hydroxyl groups is 1. The number of carbonyl (C=O) groups excluding carboxylic acids is 2. The molecular formula is C21H21N2NaO4S. The van der Waals surface area contributed by atoms with Gasteiger partial charge in [-0.2, -0.15) is 0 Å². The Morgan fingerprint density at radius 2 is 2.07 bits per heavy atom. The van der Waals surface area contributed by atoms with Crippen molar-refractivity contribution in [1.29, 1.82) is 0 Å².